The van der Waals surface area contributed by atoms with E-state index in [1.807, 2.05) is 31.2 Å². The third-order valence-electron chi connectivity index (χ3n) is 4.56. The number of carbonyl (C=O) groups excluding carboxylic acids is 1. The fourth-order valence-corrected chi connectivity index (χ4v) is 4.01. The van der Waals surface area contributed by atoms with Crippen molar-refractivity contribution in [2.45, 2.75) is 25.8 Å². The highest BCUT2D eigenvalue weighted by Gasteiger charge is 2.32. The summed E-state index contributed by atoms with van der Waals surface area (Å²) < 4.78 is 37.7. The van der Waals surface area contributed by atoms with Crippen molar-refractivity contribution in [2.24, 2.45) is 5.92 Å². The molecule has 0 radical (unpaired) electrons. The molecule has 0 bridgehead atoms. The number of ether oxygens (including phenoxy) is 2. The SMILES string of the molecule is COc1ccc(OCC(C)NC(=O)C2CCN(S(=O)(=O)N(C)C)CC2)cc1. The Labute approximate surface area is 161 Å². The minimum absolute atomic E-state index is 0.0530. The second-order valence-corrected chi connectivity index (χ2v) is 9.00. The van der Waals surface area contributed by atoms with Crippen LogP contribution in [-0.4, -0.2) is 69.9 Å². The van der Waals surface area contributed by atoms with E-state index in [1.165, 1.54) is 22.7 Å². The Morgan fingerprint density at radius 3 is 2.30 bits per heavy atom. The average molecular weight is 400 g/mol. The first-order valence-corrected chi connectivity index (χ1v) is 10.4. The summed E-state index contributed by atoms with van der Waals surface area (Å²) in [4.78, 5) is 12.4. The van der Waals surface area contributed by atoms with Gasteiger partial charge in [-0.3, -0.25) is 4.79 Å². The van der Waals surface area contributed by atoms with Crippen molar-refractivity contribution in [2.75, 3.05) is 40.9 Å². The zero-order chi connectivity index (χ0) is 20.0. The molecule has 0 saturated carbocycles. The van der Waals surface area contributed by atoms with Crippen LogP contribution in [0.3, 0.4) is 0 Å². The fraction of sp³-hybridized carbons (Fsp3) is 0.611. The van der Waals surface area contributed by atoms with Crippen LogP contribution in [0.25, 0.3) is 0 Å². The van der Waals surface area contributed by atoms with Gasteiger partial charge in [-0.15, -0.1) is 0 Å². The highest BCUT2D eigenvalue weighted by Crippen LogP contribution is 2.21. The van der Waals surface area contributed by atoms with Crippen LogP contribution in [0.15, 0.2) is 24.3 Å². The summed E-state index contributed by atoms with van der Waals surface area (Å²) in [7, 11) is 1.22. The summed E-state index contributed by atoms with van der Waals surface area (Å²) in [5, 5.41) is 2.95. The molecule has 1 aromatic rings. The fourth-order valence-electron chi connectivity index (χ4n) is 2.88. The van der Waals surface area contributed by atoms with Gasteiger partial charge in [0, 0.05) is 33.1 Å². The lowest BCUT2D eigenvalue weighted by atomic mass is 9.97. The first-order chi connectivity index (χ1) is 12.7. The van der Waals surface area contributed by atoms with Crippen LogP contribution in [0.5, 0.6) is 11.5 Å². The van der Waals surface area contributed by atoms with E-state index in [2.05, 4.69) is 5.32 Å². The largest absolute Gasteiger partial charge is 0.497 e. The summed E-state index contributed by atoms with van der Waals surface area (Å²) in [5.74, 6) is 1.23. The van der Waals surface area contributed by atoms with E-state index >= 15 is 0 Å². The second kappa shape index (κ2) is 9.38. The Balaban J connectivity index is 1.76. The zero-order valence-electron chi connectivity index (χ0n) is 16.3. The van der Waals surface area contributed by atoms with Gasteiger partial charge in [-0.1, -0.05) is 0 Å². The molecule has 0 spiro atoms. The molecule has 0 aromatic heterocycles. The maximum absolute atomic E-state index is 12.4. The van der Waals surface area contributed by atoms with E-state index in [9.17, 15) is 13.2 Å². The molecule has 1 aliphatic heterocycles. The maximum Gasteiger partial charge on any atom is 0.281 e. The van der Waals surface area contributed by atoms with Crippen LogP contribution in [0, 0.1) is 5.92 Å². The minimum atomic E-state index is -3.41. The molecule has 1 saturated heterocycles. The summed E-state index contributed by atoms with van der Waals surface area (Å²) in [6.45, 7) is 2.95. The zero-order valence-corrected chi connectivity index (χ0v) is 17.2. The highest BCUT2D eigenvalue weighted by atomic mass is 32.2. The smallest absolute Gasteiger partial charge is 0.281 e. The first-order valence-electron chi connectivity index (χ1n) is 8.99. The lowest BCUT2D eigenvalue weighted by Gasteiger charge is -2.32. The van der Waals surface area contributed by atoms with Crippen molar-refractivity contribution in [1.82, 2.24) is 13.9 Å². The molecule has 0 aliphatic carbocycles. The normalized spacial score (nSPS) is 17.5. The molecule has 1 aromatic carbocycles. The van der Waals surface area contributed by atoms with Crippen molar-refractivity contribution in [1.29, 1.82) is 0 Å². The topological polar surface area (TPSA) is 88.2 Å². The molecule has 8 nitrogen and oxygen atoms in total. The van der Waals surface area contributed by atoms with Gasteiger partial charge in [0.1, 0.15) is 18.1 Å². The molecular formula is C18H29N3O5S. The minimum Gasteiger partial charge on any atom is -0.497 e. The van der Waals surface area contributed by atoms with Crippen LogP contribution in [0.4, 0.5) is 0 Å². The Morgan fingerprint density at radius 2 is 1.78 bits per heavy atom. The molecule has 1 unspecified atom stereocenters. The standard InChI is InChI=1S/C18H29N3O5S/c1-14(13-26-17-7-5-16(25-4)6-8-17)19-18(22)15-9-11-21(12-10-15)27(23,24)20(2)3/h5-8,14-15H,9-13H2,1-4H3,(H,19,22). The molecule has 1 fully saturated rings. The molecule has 9 heteroatoms. The lowest BCUT2D eigenvalue weighted by Crippen LogP contribution is -2.48. The predicted molar refractivity (Wildman–Crippen MR) is 103 cm³/mol. The average Bonchev–Trinajstić information content (AvgIpc) is 2.66. The lowest BCUT2D eigenvalue weighted by molar-refractivity contribution is -0.126. The molecule has 1 amide bonds. The Morgan fingerprint density at radius 1 is 1.22 bits per heavy atom. The molecule has 152 valence electrons. The van der Waals surface area contributed by atoms with Crippen molar-refractivity contribution >= 4 is 16.1 Å². The Bertz CT molecular complexity index is 713. The highest BCUT2D eigenvalue weighted by molar-refractivity contribution is 7.86. The van der Waals surface area contributed by atoms with E-state index in [0.29, 0.717) is 38.3 Å². The summed E-state index contributed by atoms with van der Waals surface area (Å²) in [6.07, 6.45) is 1.04. The van der Waals surface area contributed by atoms with E-state index < -0.39 is 10.2 Å². The van der Waals surface area contributed by atoms with Crippen molar-refractivity contribution in [3.63, 3.8) is 0 Å². The second-order valence-electron chi connectivity index (χ2n) is 6.86. The van der Waals surface area contributed by atoms with E-state index in [4.69, 9.17) is 9.47 Å². The summed E-state index contributed by atoms with van der Waals surface area (Å²) in [6, 6.07) is 7.10. The van der Waals surface area contributed by atoms with E-state index in [0.717, 1.165) is 5.75 Å². The van der Waals surface area contributed by atoms with Crippen molar-refractivity contribution in [3.8, 4) is 11.5 Å². The monoisotopic (exact) mass is 399 g/mol. The molecule has 1 heterocycles. The summed E-state index contributed by atoms with van der Waals surface area (Å²) in [5.41, 5.74) is 0. The first kappa shape index (κ1) is 21.5. The van der Waals surface area contributed by atoms with Gasteiger partial charge < -0.3 is 14.8 Å². The molecule has 1 aliphatic rings. The molecule has 2 rings (SSSR count). The Hall–Kier alpha value is -1.84. The molecule has 1 atom stereocenters. The van der Waals surface area contributed by atoms with Gasteiger partial charge in [-0.2, -0.15) is 17.0 Å². The molecule has 27 heavy (non-hydrogen) atoms. The third kappa shape index (κ3) is 5.82. The van der Waals surface area contributed by atoms with E-state index in [-0.39, 0.29) is 17.9 Å². The third-order valence-corrected chi connectivity index (χ3v) is 6.50. The van der Waals surface area contributed by atoms with Crippen LogP contribution in [-0.2, 0) is 15.0 Å². The maximum atomic E-state index is 12.4. The van der Waals surface area contributed by atoms with Crippen molar-refractivity contribution < 1.29 is 22.7 Å². The predicted octanol–water partition coefficient (Wildman–Crippen LogP) is 1.10. The quantitative estimate of drug-likeness (QED) is 0.707. The Kier molecular flexibility index (Phi) is 7.46. The van der Waals surface area contributed by atoms with Crippen LogP contribution in [0.2, 0.25) is 0 Å². The number of benzene rings is 1. The number of nitrogens with zero attached hydrogens (tertiary/aromatic N) is 2. The van der Waals surface area contributed by atoms with Gasteiger partial charge >= 0.3 is 0 Å². The van der Waals surface area contributed by atoms with Crippen LogP contribution < -0.4 is 14.8 Å². The van der Waals surface area contributed by atoms with E-state index in [1.54, 1.807) is 7.11 Å². The number of amides is 1. The number of hydrogen-bond acceptors (Lipinski definition) is 5. The van der Waals surface area contributed by atoms with Crippen LogP contribution >= 0.6 is 0 Å². The van der Waals surface area contributed by atoms with Gasteiger partial charge in [0.25, 0.3) is 10.2 Å². The number of hydrogen-bond donors (Lipinski definition) is 1. The number of methoxy groups -OCH3 is 1. The van der Waals surface area contributed by atoms with Gasteiger partial charge in [0.15, 0.2) is 0 Å². The van der Waals surface area contributed by atoms with Crippen LogP contribution in [0.1, 0.15) is 19.8 Å². The van der Waals surface area contributed by atoms with Gasteiger partial charge in [-0.05, 0) is 44.0 Å². The molecular weight excluding hydrogens is 370 g/mol. The summed E-state index contributed by atoms with van der Waals surface area (Å²) >= 11 is 0. The molecule has 1 N–H and O–H groups in total. The van der Waals surface area contributed by atoms with Gasteiger partial charge in [0.05, 0.1) is 13.2 Å². The van der Waals surface area contributed by atoms with Gasteiger partial charge in [-0.25, -0.2) is 0 Å². The number of rotatable bonds is 8. The van der Waals surface area contributed by atoms with Gasteiger partial charge in [0.2, 0.25) is 5.91 Å². The number of nitrogens with one attached hydrogen (secondary N) is 1. The number of piperidine rings is 1. The number of carbonyl (C=O) groups is 1. The van der Waals surface area contributed by atoms with Crippen molar-refractivity contribution in [3.05, 3.63) is 24.3 Å².